The predicted molar refractivity (Wildman–Crippen MR) is 91.8 cm³/mol. The second-order valence-electron chi connectivity index (χ2n) is 7.00. The van der Waals surface area contributed by atoms with E-state index < -0.39 is 86.3 Å². The molecule has 2 aliphatic heterocycles. The smallest absolute Gasteiger partial charge is 0.217 e. The maximum atomic E-state index is 11.5. The minimum Gasteiger partial charge on any atom is -0.394 e. The van der Waals surface area contributed by atoms with Gasteiger partial charge in [0, 0.05) is 13.8 Å². The van der Waals surface area contributed by atoms with Crippen LogP contribution in [-0.4, -0.2) is 117 Å². The number of rotatable bonds is 6. The fourth-order valence-electron chi connectivity index (χ4n) is 3.38. The molecule has 0 aromatic heterocycles. The molecule has 29 heavy (non-hydrogen) atoms. The van der Waals surface area contributed by atoms with Gasteiger partial charge in [0.05, 0.1) is 13.2 Å². The zero-order valence-corrected chi connectivity index (χ0v) is 15.9. The minimum atomic E-state index is -1.64. The molecule has 0 saturated carbocycles. The van der Waals surface area contributed by atoms with Crippen LogP contribution in [0.4, 0.5) is 0 Å². The van der Waals surface area contributed by atoms with Crippen LogP contribution in [0, 0.1) is 0 Å². The van der Waals surface area contributed by atoms with Crippen LogP contribution in [0.5, 0.6) is 0 Å². The highest BCUT2D eigenvalue weighted by molar-refractivity contribution is 5.73. The molecule has 0 aromatic rings. The predicted octanol–water partition coefficient (Wildman–Crippen LogP) is -5.11. The highest BCUT2D eigenvalue weighted by Gasteiger charge is 2.51. The molecule has 0 unspecified atom stereocenters. The van der Waals surface area contributed by atoms with Crippen LogP contribution in [0.15, 0.2) is 0 Å². The molecule has 168 valence electrons. The van der Waals surface area contributed by atoms with Gasteiger partial charge in [-0.25, -0.2) is 0 Å². The van der Waals surface area contributed by atoms with Crippen LogP contribution < -0.4 is 10.6 Å². The van der Waals surface area contributed by atoms with Gasteiger partial charge in [0.25, 0.3) is 0 Å². The van der Waals surface area contributed by atoms with Crippen molar-refractivity contribution in [2.24, 2.45) is 0 Å². The SMILES string of the molecule is CC(=O)N[C@@H]1[C@H](O)[C@H](O[C@@H]2O[C@@H](CO)[C@@H](O)[C@@H](O)[C@H]2NC(C)=O)[C@H](CO)O[C@H]1O. The minimum absolute atomic E-state index is 0.568. The Kier molecular flexibility index (Phi) is 8.28. The third-order valence-corrected chi connectivity index (χ3v) is 4.78. The summed E-state index contributed by atoms with van der Waals surface area (Å²) in [7, 11) is 0. The fourth-order valence-corrected chi connectivity index (χ4v) is 3.38. The van der Waals surface area contributed by atoms with Crippen LogP contribution in [0.25, 0.3) is 0 Å². The van der Waals surface area contributed by atoms with E-state index in [-0.39, 0.29) is 0 Å². The number of carbonyl (C=O) groups excluding carboxylic acids is 2. The zero-order chi connectivity index (χ0) is 21.9. The van der Waals surface area contributed by atoms with Crippen LogP contribution in [0.2, 0.25) is 0 Å². The van der Waals surface area contributed by atoms with Crippen molar-refractivity contribution in [1.82, 2.24) is 10.6 Å². The Hall–Kier alpha value is -1.42. The van der Waals surface area contributed by atoms with Gasteiger partial charge >= 0.3 is 0 Å². The van der Waals surface area contributed by atoms with E-state index in [4.69, 9.17) is 14.2 Å². The van der Waals surface area contributed by atoms with Gasteiger partial charge in [-0.1, -0.05) is 0 Å². The Morgan fingerprint density at radius 3 is 1.90 bits per heavy atom. The van der Waals surface area contributed by atoms with Crippen LogP contribution >= 0.6 is 0 Å². The lowest BCUT2D eigenvalue weighted by Gasteiger charge is -2.47. The number of ether oxygens (including phenoxy) is 3. The highest BCUT2D eigenvalue weighted by Crippen LogP contribution is 2.28. The van der Waals surface area contributed by atoms with E-state index in [0.29, 0.717) is 0 Å². The largest absolute Gasteiger partial charge is 0.394 e. The van der Waals surface area contributed by atoms with Crippen LogP contribution in [-0.2, 0) is 23.8 Å². The third kappa shape index (κ3) is 5.39. The van der Waals surface area contributed by atoms with E-state index in [2.05, 4.69) is 10.6 Å². The molecule has 2 heterocycles. The molecule has 2 rings (SSSR count). The molecule has 2 aliphatic rings. The first-order valence-electron chi connectivity index (χ1n) is 9.05. The van der Waals surface area contributed by atoms with Crippen molar-refractivity contribution in [2.75, 3.05) is 13.2 Å². The number of nitrogens with one attached hydrogen (secondary N) is 2. The standard InChI is InChI=1S/C16H28N2O11/c1-5(21)17-9-13(25)14(8(4-20)27-15(9)26)29-16-10(18-6(2)22)12(24)11(23)7(3-19)28-16/h7-16,19-20,23-26H,3-4H2,1-2H3,(H,17,21)(H,18,22)/t7-,8-,9+,10+,11+,12-,13-,14+,15+,16-/m0/s1. The monoisotopic (exact) mass is 424 g/mol. The van der Waals surface area contributed by atoms with Crippen molar-refractivity contribution >= 4 is 11.8 Å². The molecule has 10 atom stereocenters. The van der Waals surface area contributed by atoms with E-state index in [1.807, 2.05) is 0 Å². The summed E-state index contributed by atoms with van der Waals surface area (Å²) in [6.45, 7) is 0.962. The number of hydrogen-bond acceptors (Lipinski definition) is 11. The van der Waals surface area contributed by atoms with Gasteiger partial charge in [0.15, 0.2) is 12.6 Å². The van der Waals surface area contributed by atoms with Gasteiger partial charge in [-0.2, -0.15) is 0 Å². The Bertz CT molecular complexity index is 579. The number of aliphatic hydroxyl groups is 6. The molecular formula is C16H28N2O11. The molecule has 0 radical (unpaired) electrons. The second kappa shape index (κ2) is 10.1. The zero-order valence-electron chi connectivity index (χ0n) is 15.9. The quantitative estimate of drug-likeness (QED) is 0.202. The molecule has 2 fully saturated rings. The Morgan fingerprint density at radius 1 is 0.828 bits per heavy atom. The number of carbonyl (C=O) groups is 2. The van der Waals surface area contributed by atoms with Crippen LogP contribution in [0.3, 0.4) is 0 Å². The molecule has 0 aromatic carbocycles. The van der Waals surface area contributed by atoms with Gasteiger partial charge in [0.2, 0.25) is 11.8 Å². The second-order valence-corrected chi connectivity index (χ2v) is 7.00. The van der Waals surface area contributed by atoms with Crippen molar-refractivity contribution in [3.8, 4) is 0 Å². The van der Waals surface area contributed by atoms with Gasteiger partial charge in [0.1, 0.15) is 48.7 Å². The topological polar surface area (TPSA) is 207 Å². The average Bonchev–Trinajstić information content (AvgIpc) is 2.65. The molecule has 0 bridgehead atoms. The van der Waals surface area contributed by atoms with Crippen molar-refractivity contribution < 1.29 is 54.4 Å². The Balaban J connectivity index is 2.26. The molecular weight excluding hydrogens is 396 g/mol. The fraction of sp³-hybridized carbons (Fsp3) is 0.875. The van der Waals surface area contributed by atoms with E-state index in [9.17, 15) is 40.2 Å². The van der Waals surface area contributed by atoms with E-state index >= 15 is 0 Å². The summed E-state index contributed by atoms with van der Waals surface area (Å²) >= 11 is 0. The van der Waals surface area contributed by atoms with Crippen molar-refractivity contribution in [2.45, 2.75) is 75.1 Å². The van der Waals surface area contributed by atoms with E-state index in [0.717, 1.165) is 13.8 Å². The summed E-state index contributed by atoms with van der Waals surface area (Å²) in [4.78, 5) is 22.8. The number of aliphatic hydroxyl groups excluding tert-OH is 6. The molecule has 2 saturated heterocycles. The molecule has 8 N–H and O–H groups in total. The van der Waals surface area contributed by atoms with Crippen molar-refractivity contribution in [1.29, 1.82) is 0 Å². The third-order valence-electron chi connectivity index (χ3n) is 4.78. The first-order chi connectivity index (χ1) is 13.6. The van der Waals surface area contributed by atoms with Gasteiger partial charge in [-0.3, -0.25) is 9.59 Å². The summed E-state index contributed by atoms with van der Waals surface area (Å²) in [5.41, 5.74) is 0. The lowest BCUT2D eigenvalue weighted by Crippen LogP contribution is -2.69. The molecule has 13 nitrogen and oxygen atoms in total. The van der Waals surface area contributed by atoms with Gasteiger partial charge in [-0.15, -0.1) is 0 Å². The van der Waals surface area contributed by atoms with E-state index in [1.54, 1.807) is 0 Å². The molecule has 0 spiro atoms. The lowest BCUT2D eigenvalue weighted by molar-refractivity contribution is -0.327. The summed E-state index contributed by atoms with van der Waals surface area (Å²) in [6.07, 6.45) is -11.7. The van der Waals surface area contributed by atoms with E-state index in [1.165, 1.54) is 0 Å². The van der Waals surface area contributed by atoms with Gasteiger partial charge < -0.3 is 55.5 Å². The first-order valence-corrected chi connectivity index (χ1v) is 9.05. The van der Waals surface area contributed by atoms with Crippen molar-refractivity contribution in [3.63, 3.8) is 0 Å². The maximum absolute atomic E-state index is 11.5. The highest BCUT2D eigenvalue weighted by atomic mass is 16.7. The average molecular weight is 424 g/mol. The first kappa shape index (κ1) is 23.9. The molecule has 0 aliphatic carbocycles. The maximum Gasteiger partial charge on any atom is 0.217 e. The summed E-state index contributed by atoms with van der Waals surface area (Å²) in [5.74, 6) is -1.14. The Morgan fingerprint density at radius 2 is 1.38 bits per heavy atom. The molecule has 13 heteroatoms. The molecule has 2 amide bonds. The normalized spacial score (nSPS) is 42.9. The number of hydrogen-bond donors (Lipinski definition) is 8. The van der Waals surface area contributed by atoms with Crippen LogP contribution in [0.1, 0.15) is 13.8 Å². The number of amides is 2. The van der Waals surface area contributed by atoms with Crippen molar-refractivity contribution in [3.05, 3.63) is 0 Å². The summed E-state index contributed by atoms with van der Waals surface area (Å²) < 4.78 is 16.3. The Labute approximate surface area is 166 Å². The lowest BCUT2D eigenvalue weighted by atomic mass is 9.94. The summed E-state index contributed by atoms with van der Waals surface area (Å²) in [6, 6.07) is -2.59. The van der Waals surface area contributed by atoms with Gasteiger partial charge in [-0.05, 0) is 0 Å². The summed E-state index contributed by atoms with van der Waals surface area (Å²) in [5, 5.41) is 64.5.